The summed E-state index contributed by atoms with van der Waals surface area (Å²) in [6.07, 6.45) is 7.11. The maximum Gasteiger partial charge on any atom is 0.0974 e. The van der Waals surface area contributed by atoms with E-state index in [9.17, 15) is 10.4 Å². The van der Waals surface area contributed by atoms with Gasteiger partial charge in [0.2, 0.25) is 0 Å². The van der Waals surface area contributed by atoms with E-state index in [1.54, 1.807) is 0 Å². The van der Waals surface area contributed by atoms with Crippen LogP contribution < -0.4 is 0 Å². The number of nitrogens with zero attached hydrogens (tertiary/aromatic N) is 2. The van der Waals surface area contributed by atoms with E-state index < -0.39 is 11.0 Å². The minimum Gasteiger partial charge on any atom is -0.387 e. The molecule has 1 saturated heterocycles. The van der Waals surface area contributed by atoms with Crippen LogP contribution >= 0.6 is 0 Å². The highest BCUT2D eigenvalue weighted by Gasteiger charge is 2.55. The summed E-state index contributed by atoms with van der Waals surface area (Å²) in [6.45, 7) is 2.79. The molecule has 3 nitrogen and oxygen atoms in total. The zero-order chi connectivity index (χ0) is 12.5. The van der Waals surface area contributed by atoms with Crippen LogP contribution in [0.15, 0.2) is 0 Å². The van der Waals surface area contributed by atoms with E-state index in [-0.39, 0.29) is 0 Å². The lowest BCUT2D eigenvalue weighted by Gasteiger charge is -2.39. The van der Waals surface area contributed by atoms with Gasteiger partial charge in [-0.25, -0.2) is 0 Å². The van der Waals surface area contributed by atoms with Crippen LogP contribution in [0.4, 0.5) is 0 Å². The van der Waals surface area contributed by atoms with Crippen molar-refractivity contribution in [3.8, 4) is 6.07 Å². The fourth-order valence-electron chi connectivity index (χ4n) is 3.64. The Morgan fingerprint density at radius 3 is 2.24 bits per heavy atom. The van der Waals surface area contributed by atoms with E-state index >= 15 is 0 Å². The molecule has 0 aromatic carbocycles. The molecule has 0 amide bonds. The van der Waals surface area contributed by atoms with Crippen molar-refractivity contribution in [3.05, 3.63) is 0 Å². The van der Waals surface area contributed by atoms with Gasteiger partial charge in [0.1, 0.15) is 0 Å². The summed E-state index contributed by atoms with van der Waals surface area (Å²) in [4.78, 5) is 2.18. The average molecular weight is 236 g/mol. The molecule has 0 radical (unpaired) electrons. The third kappa shape index (κ3) is 2.09. The van der Waals surface area contributed by atoms with Gasteiger partial charge in [0, 0.05) is 12.6 Å². The van der Waals surface area contributed by atoms with Crippen LogP contribution in [-0.2, 0) is 0 Å². The highest BCUT2D eigenvalue weighted by Crippen LogP contribution is 2.48. The molecular weight excluding hydrogens is 212 g/mol. The number of hydrogen-bond donors (Lipinski definition) is 1. The molecule has 0 aromatic rings. The number of β-amino-alcohol motifs (C(OH)–C–C–N with tert-alkyl or cyclic N) is 1. The zero-order valence-electron chi connectivity index (χ0n) is 11.1. The Hall–Kier alpha value is -0.590. The number of aliphatic hydroxyl groups is 1. The Balaban J connectivity index is 2.25. The molecule has 0 bridgehead atoms. The van der Waals surface area contributed by atoms with Gasteiger partial charge in [-0.2, -0.15) is 5.26 Å². The van der Waals surface area contributed by atoms with Gasteiger partial charge in [-0.1, -0.05) is 25.7 Å². The van der Waals surface area contributed by atoms with Crippen LogP contribution in [0.3, 0.4) is 0 Å². The van der Waals surface area contributed by atoms with E-state index in [1.807, 2.05) is 7.05 Å². The molecule has 0 spiro atoms. The van der Waals surface area contributed by atoms with Crippen LogP contribution in [0.25, 0.3) is 0 Å². The molecule has 1 aliphatic carbocycles. The molecule has 0 aromatic heterocycles. The maximum atomic E-state index is 11.0. The largest absolute Gasteiger partial charge is 0.387 e. The van der Waals surface area contributed by atoms with Crippen LogP contribution in [-0.4, -0.2) is 35.2 Å². The lowest BCUT2D eigenvalue weighted by atomic mass is 9.67. The number of hydrogen-bond acceptors (Lipinski definition) is 3. The fraction of sp³-hybridized carbons (Fsp3) is 0.929. The monoisotopic (exact) mass is 236 g/mol. The van der Waals surface area contributed by atoms with Gasteiger partial charge in [-0.3, -0.25) is 0 Å². The van der Waals surface area contributed by atoms with Crippen molar-refractivity contribution in [2.45, 2.75) is 63.5 Å². The van der Waals surface area contributed by atoms with E-state index in [0.717, 1.165) is 32.1 Å². The summed E-state index contributed by atoms with van der Waals surface area (Å²) in [6, 6.07) is 2.89. The second kappa shape index (κ2) is 4.59. The van der Waals surface area contributed by atoms with Gasteiger partial charge >= 0.3 is 0 Å². The van der Waals surface area contributed by atoms with Gasteiger partial charge < -0.3 is 10.0 Å². The molecule has 2 fully saturated rings. The van der Waals surface area contributed by atoms with Crippen molar-refractivity contribution in [2.75, 3.05) is 13.6 Å². The third-order valence-electron chi connectivity index (χ3n) is 4.96. The number of rotatable bonds is 1. The number of likely N-dealkylation sites (tertiary alicyclic amines) is 1. The maximum absolute atomic E-state index is 11.0. The van der Waals surface area contributed by atoms with E-state index in [2.05, 4.69) is 17.9 Å². The molecule has 1 heterocycles. The van der Waals surface area contributed by atoms with Crippen LogP contribution in [0.5, 0.6) is 0 Å². The molecule has 2 rings (SSSR count). The van der Waals surface area contributed by atoms with Crippen LogP contribution in [0, 0.1) is 16.7 Å². The van der Waals surface area contributed by atoms with Crippen molar-refractivity contribution in [3.63, 3.8) is 0 Å². The fourth-order valence-corrected chi connectivity index (χ4v) is 3.64. The minimum atomic E-state index is -0.791. The first kappa shape index (κ1) is 12.9. The lowest BCUT2D eigenvalue weighted by Crippen LogP contribution is -2.49. The van der Waals surface area contributed by atoms with Crippen LogP contribution in [0.2, 0.25) is 0 Å². The van der Waals surface area contributed by atoms with Gasteiger partial charge in [0.05, 0.1) is 17.1 Å². The summed E-state index contributed by atoms with van der Waals surface area (Å²) >= 11 is 0. The summed E-state index contributed by atoms with van der Waals surface area (Å²) in [5, 5.41) is 20.6. The van der Waals surface area contributed by atoms with Gasteiger partial charge in [0.15, 0.2) is 0 Å². The molecular formula is C14H24N2O. The van der Waals surface area contributed by atoms with E-state index in [0.29, 0.717) is 12.6 Å². The average Bonchev–Trinajstić information content (AvgIpc) is 2.51. The highest BCUT2D eigenvalue weighted by molar-refractivity contribution is 5.16. The molecule has 1 saturated carbocycles. The Labute approximate surface area is 104 Å². The van der Waals surface area contributed by atoms with E-state index in [1.165, 1.54) is 12.8 Å². The third-order valence-corrected chi connectivity index (χ3v) is 4.96. The van der Waals surface area contributed by atoms with Crippen molar-refractivity contribution in [1.82, 2.24) is 4.90 Å². The molecule has 1 aliphatic heterocycles. The first-order valence-corrected chi connectivity index (χ1v) is 6.87. The van der Waals surface area contributed by atoms with Crippen LogP contribution in [0.1, 0.15) is 51.9 Å². The van der Waals surface area contributed by atoms with E-state index in [4.69, 9.17) is 0 Å². The van der Waals surface area contributed by atoms with Gasteiger partial charge in [-0.15, -0.1) is 0 Å². The number of likely N-dealkylation sites (N-methyl/N-ethyl adjacent to an activating group) is 1. The molecule has 2 atom stereocenters. The predicted molar refractivity (Wildman–Crippen MR) is 67.4 cm³/mol. The van der Waals surface area contributed by atoms with Crippen molar-refractivity contribution in [1.29, 1.82) is 5.26 Å². The standard InChI is InChI=1S/C14H24N2O/c1-12-9-14(17,11-16(12)2)13(10-15)7-5-3-4-6-8-13/h12,17H,3-9,11H2,1-2H3. The zero-order valence-corrected chi connectivity index (χ0v) is 11.1. The molecule has 3 heteroatoms. The summed E-state index contributed by atoms with van der Waals surface area (Å²) < 4.78 is 0. The number of nitriles is 1. The second-order valence-electron chi connectivity index (χ2n) is 6.11. The first-order chi connectivity index (χ1) is 8.03. The summed E-state index contributed by atoms with van der Waals surface area (Å²) in [5.74, 6) is 0. The molecule has 2 aliphatic rings. The smallest absolute Gasteiger partial charge is 0.0974 e. The van der Waals surface area contributed by atoms with Gasteiger partial charge in [-0.05, 0) is 33.2 Å². The minimum absolute atomic E-state index is 0.383. The Morgan fingerprint density at radius 1 is 1.24 bits per heavy atom. The Bertz CT molecular complexity index is 303. The topological polar surface area (TPSA) is 47.3 Å². The highest BCUT2D eigenvalue weighted by atomic mass is 16.3. The lowest BCUT2D eigenvalue weighted by molar-refractivity contribution is -0.0526. The Morgan fingerprint density at radius 2 is 1.82 bits per heavy atom. The first-order valence-electron chi connectivity index (χ1n) is 6.87. The van der Waals surface area contributed by atoms with Crippen molar-refractivity contribution in [2.24, 2.45) is 5.41 Å². The normalized spacial score (nSPS) is 38.6. The molecule has 1 N–H and O–H groups in total. The Kier molecular flexibility index (Phi) is 3.47. The quantitative estimate of drug-likeness (QED) is 0.711. The molecule has 2 unspecified atom stereocenters. The molecule has 96 valence electrons. The van der Waals surface area contributed by atoms with Gasteiger partial charge in [0.25, 0.3) is 0 Å². The summed E-state index contributed by atoms with van der Waals surface area (Å²) in [5.41, 5.74) is -1.29. The summed E-state index contributed by atoms with van der Waals surface area (Å²) in [7, 11) is 2.05. The second-order valence-corrected chi connectivity index (χ2v) is 6.11. The predicted octanol–water partition coefficient (Wildman–Crippen LogP) is 2.31. The van der Waals surface area contributed by atoms with Crippen molar-refractivity contribution < 1.29 is 5.11 Å². The SMILES string of the molecule is CC1CC(O)(C2(C#N)CCCCCC2)CN1C. The molecule has 17 heavy (non-hydrogen) atoms. The van der Waals surface area contributed by atoms with Crippen molar-refractivity contribution >= 4 is 0 Å².